The van der Waals surface area contributed by atoms with Crippen LogP contribution in [0.4, 0.5) is 0 Å². The monoisotopic (exact) mass is 243 g/mol. The lowest BCUT2D eigenvalue weighted by atomic mass is 10.1. The predicted octanol–water partition coefficient (Wildman–Crippen LogP) is 2.69. The summed E-state index contributed by atoms with van der Waals surface area (Å²) in [5.41, 5.74) is 11.7. The number of benzene rings is 1. The van der Waals surface area contributed by atoms with Gasteiger partial charge in [-0.05, 0) is 69.0 Å². The molecule has 0 aliphatic heterocycles. The van der Waals surface area contributed by atoms with Crippen LogP contribution in [0.1, 0.15) is 28.8 Å². The van der Waals surface area contributed by atoms with Crippen molar-refractivity contribution < 1.29 is 0 Å². The van der Waals surface area contributed by atoms with Gasteiger partial charge >= 0.3 is 0 Å². The fourth-order valence-electron chi connectivity index (χ4n) is 2.31. The summed E-state index contributed by atoms with van der Waals surface area (Å²) in [6, 6.07) is 6.51. The average Bonchev–Trinajstić information content (AvgIpc) is 2.67. The van der Waals surface area contributed by atoms with E-state index in [0.29, 0.717) is 0 Å². The molecule has 0 saturated heterocycles. The van der Waals surface area contributed by atoms with Crippen LogP contribution in [-0.4, -0.2) is 16.3 Å². The number of rotatable bonds is 4. The summed E-state index contributed by atoms with van der Waals surface area (Å²) >= 11 is 0. The fraction of sp³-hybridized carbons (Fsp3) is 0.400. The highest BCUT2D eigenvalue weighted by atomic mass is 15.3. The van der Waals surface area contributed by atoms with Gasteiger partial charge in [-0.25, -0.2) is 4.68 Å². The molecule has 0 fully saturated rings. The zero-order chi connectivity index (χ0) is 13.1. The Labute approximate surface area is 109 Å². The number of nitrogens with two attached hydrogens (primary N) is 1. The summed E-state index contributed by atoms with van der Waals surface area (Å²) in [7, 11) is 0. The molecule has 1 aromatic heterocycles. The predicted molar refractivity (Wildman–Crippen MR) is 75.2 cm³/mol. The molecule has 0 amide bonds. The Balaban J connectivity index is 2.36. The first-order valence-corrected chi connectivity index (χ1v) is 6.44. The minimum absolute atomic E-state index is 0.730. The van der Waals surface area contributed by atoms with E-state index in [-0.39, 0.29) is 0 Å². The van der Waals surface area contributed by atoms with Gasteiger partial charge in [0.15, 0.2) is 0 Å². The first-order chi connectivity index (χ1) is 8.61. The summed E-state index contributed by atoms with van der Waals surface area (Å²) in [6.45, 7) is 7.08. The molecule has 3 nitrogen and oxygen atoms in total. The molecule has 96 valence electrons. The van der Waals surface area contributed by atoms with E-state index in [2.05, 4.69) is 44.1 Å². The van der Waals surface area contributed by atoms with E-state index >= 15 is 0 Å². The van der Waals surface area contributed by atoms with Gasteiger partial charge in [0, 0.05) is 5.69 Å². The second-order valence-corrected chi connectivity index (χ2v) is 4.91. The molecule has 0 saturated carbocycles. The molecule has 2 rings (SSSR count). The Morgan fingerprint density at radius 1 is 1.11 bits per heavy atom. The van der Waals surface area contributed by atoms with Crippen molar-refractivity contribution in [2.24, 2.45) is 5.73 Å². The maximum atomic E-state index is 5.56. The zero-order valence-corrected chi connectivity index (χ0v) is 11.4. The summed E-state index contributed by atoms with van der Waals surface area (Å²) in [5, 5.41) is 4.50. The molecule has 18 heavy (non-hydrogen) atoms. The van der Waals surface area contributed by atoms with Crippen molar-refractivity contribution in [1.29, 1.82) is 0 Å². The molecular weight excluding hydrogens is 222 g/mol. The van der Waals surface area contributed by atoms with Gasteiger partial charge in [-0.3, -0.25) is 0 Å². The van der Waals surface area contributed by atoms with Crippen LogP contribution < -0.4 is 5.73 Å². The van der Waals surface area contributed by atoms with Gasteiger partial charge < -0.3 is 5.73 Å². The van der Waals surface area contributed by atoms with Gasteiger partial charge in [0.2, 0.25) is 0 Å². The van der Waals surface area contributed by atoms with Crippen molar-refractivity contribution >= 4 is 0 Å². The molecular formula is C15H21N3. The molecule has 2 aromatic rings. The molecule has 2 N–H and O–H groups in total. The Hall–Kier alpha value is -1.61. The molecule has 1 heterocycles. The smallest absolute Gasteiger partial charge is 0.0654 e. The largest absolute Gasteiger partial charge is 0.330 e. The van der Waals surface area contributed by atoms with Gasteiger partial charge in [0.05, 0.1) is 11.9 Å². The van der Waals surface area contributed by atoms with Crippen LogP contribution in [0.2, 0.25) is 0 Å². The van der Waals surface area contributed by atoms with Crippen molar-refractivity contribution in [1.82, 2.24) is 9.78 Å². The van der Waals surface area contributed by atoms with Gasteiger partial charge in [-0.2, -0.15) is 5.10 Å². The van der Waals surface area contributed by atoms with Crippen molar-refractivity contribution in [2.75, 3.05) is 6.54 Å². The number of hydrogen-bond donors (Lipinski definition) is 1. The molecule has 0 aliphatic rings. The van der Waals surface area contributed by atoms with Crippen LogP contribution >= 0.6 is 0 Å². The number of hydrogen-bond acceptors (Lipinski definition) is 2. The van der Waals surface area contributed by atoms with Crippen LogP contribution in [0, 0.1) is 20.8 Å². The fourth-order valence-corrected chi connectivity index (χ4v) is 2.31. The highest BCUT2D eigenvalue weighted by Crippen LogP contribution is 2.18. The van der Waals surface area contributed by atoms with E-state index in [1.54, 1.807) is 0 Å². The first-order valence-electron chi connectivity index (χ1n) is 6.44. The lowest BCUT2D eigenvalue weighted by molar-refractivity contribution is 0.814. The third kappa shape index (κ3) is 2.62. The topological polar surface area (TPSA) is 43.8 Å². The van der Waals surface area contributed by atoms with Crippen LogP contribution in [-0.2, 0) is 6.42 Å². The zero-order valence-electron chi connectivity index (χ0n) is 11.4. The standard InChI is InChI=1S/C15H21N3/c1-11-7-12(2)9-15(8-11)18-13(3)14(10-17-18)5-4-6-16/h7-10H,4-6,16H2,1-3H3. The van der Waals surface area contributed by atoms with Gasteiger partial charge in [-0.15, -0.1) is 0 Å². The van der Waals surface area contributed by atoms with Crippen LogP contribution in [0.15, 0.2) is 24.4 Å². The van der Waals surface area contributed by atoms with E-state index in [1.165, 1.54) is 22.4 Å². The number of aromatic nitrogens is 2. The van der Waals surface area contributed by atoms with Crippen LogP contribution in [0.3, 0.4) is 0 Å². The number of nitrogens with zero attached hydrogens (tertiary/aromatic N) is 2. The van der Waals surface area contributed by atoms with E-state index in [4.69, 9.17) is 5.73 Å². The van der Waals surface area contributed by atoms with Gasteiger partial charge in [-0.1, -0.05) is 6.07 Å². The lowest BCUT2D eigenvalue weighted by Crippen LogP contribution is -2.03. The van der Waals surface area contributed by atoms with Crippen molar-refractivity contribution in [3.8, 4) is 5.69 Å². The first kappa shape index (κ1) is 12.8. The summed E-state index contributed by atoms with van der Waals surface area (Å²) in [4.78, 5) is 0. The SMILES string of the molecule is Cc1cc(C)cc(-n2ncc(CCCN)c2C)c1. The van der Waals surface area contributed by atoms with E-state index < -0.39 is 0 Å². The van der Waals surface area contributed by atoms with E-state index in [1.807, 2.05) is 10.9 Å². The minimum atomic E-state index is 0.730. The maximum absolute atomic E-state index is 5.56. The molecule has 3 heteroatoms. The Bertz CT molecular complexity index is 520. The quantitative estimate of drug-likeness (QED) is 0.897. The van der Waals surface area contributed by atoms with Crippen molar-refractivity contribution in [3.63, 3.8) is 0 Å². The molecule has 0 atom stereocenters. The van der Waals surface area contributed by atoms with Crippen LogP contribution in [0.25, 0.3) is 5.69 Å². The van der Waals surface area contributed by atoms with Crippen LogP contribution in [0.5, 0.6) is 0 Å². The molecule has 0 bridgehead atoms. The molecule has 0 aliphatic carbocycles. The molecule has 0 unspecified atom stereocenters. The highest BCUT2D eigenvalue weighted by molar-refractivity contribution is 5.40. The highest BCUT2D eigenvalue weighted by Gasteiger charge is 2.08. The third-order valence-corrected chi connectivity index (χ3v) is 3.21. The number of aryl methyl sites for hydroxylation is 3. The van der Waals surface area contributed by atoms with E-state index in [0.717, 1.165) is 25.1 Å². The Kier molecular flexibility index (Phi) is 3.82. The van der Waals surface area contributed by atoms with E-state index in [9.17, 15) is 0 Å². The van der Waals surface area contributed by atoms with Gasteiger partial charge in [0.25, 0.3) is 0 Å². The molecule has 1 aromatic carbocycles. The third-order valence-electron chi connectivity index (χ3n) is 3.21. The van der Waals surface area contributed by atoms with Gasteiger partial charge in [0.1, 0.15) is 0 Å². The normalized spacial score (nSPS) is 10.9. The minimum Gasteiger partial charge on any atom is -0.330 e. The average molecular weight is 243 g/mol. The molecule has 0 radical (unpaired) electrons. The summed E-state index contributed by atoms with van der Waals surface area (Å²) < 4.78 is 2.02. The molecule has 0 spiro atoms. The van der Waals surface area contributed by atoms with Crippen molar-refractivity contribution in [2.45, 2.75) is 33.6 Å². The van der Waals surface area contributed by atoms with Crippen molar-refractivity contribution in [3.05, 3.63) is 46.8 Å². The lowest BCUT2D eigenvalue weighted by Gasteiger charge is -2.08. The second kappa shape index (κ2) is 5.36. The Morgan fingerprint density at radius 3 is 2.39 bits per heavy atom. The second-order valence-electron chi connectivity index (χ2n) is 4.91. The maximum Gasteiger partial charge on any atom is 0.0654 e. The summed E-state index contributed by atoms with van der Waals surface area (Å²) in [5.74, 6) is 0. The summed E-state index contributed by atoms with van der Waals surface area (Å²) in [6.07, 6.45) is 3.98. The Morgan fingerprint density at radius 2 is 1.78 bits per heavy atom.